The second-order valence-corrected chi connectivity index (χ2v) is 8.09. The van der Waals surface area contributed by atoms with E-state index in [1.807, 2.05) is 30.3 Å². The van der Waals surface area contributed by atoms with Crippen molar-refractivity contribution < 1.29 is 4.79 Å². The Balaban J connectivity index is 1.79. The van der Waals surface area contributed by atoms with Gasteiger partial charge in [-0.15, -0.1) is 0 Å². The van der Waals surface area contributed by atoms with Crippen LogP contribution in [-0.4, -0.2) is 5.91 Å². The molecule has 0 aromatic heterocycles. The molecule has 0 aliphatic heterocycles. The van der Waals surface area contributed by atoms with Crippen LogP contribution in [0.15, 0.2) is 30.3 Å². The van der Waals surface area contributed by atoms with Crippen LogP contribution in [0, 0.1) is 5.92 Å². The van der Waals surface area contributed by atoms with E-state index >= 15 is 0 Å². The van der Waals surface area contributed by atoms with E-state index < -0.39 is 0 Å². The van der Waals surface area contributed by atoms with Crippen molar-refractivity contribution >= 4 is 11.6 Å². The maximum absolute atomic E-state index is 11.8. The maximum atomic E-state index is 11.8. The first kappa shape index (κ1) is 22.7. The van der Waals surface area contributed by atoms with Gasteiger partial charge in [0, 0.05) is 12.1 Å². The summed E-state index contributed by atoms with van der Waals surface area (Å²) in [7, 11) is 0. The first-order valence-corrected chi connectivity index (χ1v) is 11.0. The second kappa shape index (κ2) is 15.9. The Kier molecular flexibility index (Phi) is 13.9. The van der Waals surface area contributed by atoms with Gasteiger partial charge in [-0.05, 0) is 24.5 Å². The zero-order chi connectivity index (χ0) is 18.9. The largest absolute Gasteiger partial charge is 0.326 e. The average molecular weight is 360 g/mol. The van der Waals surface area contributed by atoms with E-state index in [0.717, 1.165) is 18.0 Å². The number of anilines is 1. The molecule has 1 aromatic carbocycles. The van der Waals surface area contributed by atoms with Gasteiger partial charge in [0.15, 0.2) is 0 Å². The van der Waals surface area contributed by atoms with Gasteiger partial charge < -0.3 is 5.32 Å². The minimum Gasteiger partial charge on any atom is -0.326 e. The van der Waals surface area contributed by atoms with Crippen LogP contribution in [0.1, 0.15) is 104 Å². The lowest BCUT2D eigenvalue weighted by Gasteiger charge is -2.05. The zero-order valence-electron chi connectivity index (χ0n) is 17.3. The molecule has 148 valence electrons. The summed E-state index contributed by atoms with van der Waals surface area (Å²) in [5.41, 5.74) is 0.900. The fourth-order valence-corrected chi connectivity index (χ4v) is 3.35. The minimum absolute atomic E-state index is 0.143. The molecule has 0 saturated heterocycles. The average Bonchev–Trinajstić information content (AvgIpc) is 2.62. The maximum Gasteiger partial charge on any atom is 0.224 e. The summed E-state index contributed by atoms with van der Waals surface area (Å²) in [5.74, 6) is 1.01. The topological polar surface area (TPSA) is 29.1 Å². The summed E-state index contributed by atoms with van der Waals surface area (Å²) in [4.78, 5) is 11.8. The van der Waals surface area contributed by atoms with Gasteiger partial charge in [-0.3, -0.25) is 4.79 Å². The molecule has 0 atom stereocenters. The van der Waals surface area contributed by atoms with Gasteiger partial charge in [0.25, 0.3) is 0 Å². The van der Waals surface area contributed by atoms with Crippen molar-refractivity contribution in [3.05, 3.63) is 30.3 Å². The fourth-order valence-electron chi connectivity index (χ4n) is 3.35. The lowest BCUT2D eigenvalue weighted by Crippen LogP contribution is -2.10. The second-order valence-electron chi connectivity index (χ2n) is 8.09. The Hall–Kier alpha value is -1.31. The molecule has 0 aliphatic rings. The van der Waals surface area contributed by atoms with Crippen molar-refractivity contribution in [2.45, 2.75) is 104 Å². The highest BCUT2D eigenvalue weighted by Gasteiger charge is 2.01. The molecule has 0 bridgehead atoms. The van der Waals surface area contributed by atoms with Crippen LogP contribution in [0.4, 0.5) is 5.69 Å². The number of unbranched alkanes of at least 4 members (excludes halogenated alkanes) is 11. The number of para-hydroxylation sites is 1. The van der Waals surface area contributed by atoms with Gasteiger partial charge in [0.05, 0.1) is 0 Å². The first-order valence-electron chi connectivity index (χ1n) is 11.0. The molecule has 26 heavy (non-hydrogen) atoms. The standard InChI is InChI=1S/C24H41NO/c1-22(2)18-14-11-9-7-5-3-4-6-8-10-12-17-21-24(26)25-23-19-15-13-16-20-23/h13,15-16,19-20,22H,3-12,14,17-18,21H2,1-2H3,(H,25,26). The Bertz CT molecular complexity index is 441. The van der Waals surface area contributed by atoms with Crippen molar-refractivity contribution in [3.63, 3.8) is 0 Å². The van der Waals surface area contributed by atoms with Crippen LogP contribution in [0.3, 0.4) is 0 Å². The molecular formula is C24H41NO. The van der Waals surface area contributed by atoms with Gasteiger partial charge in [-0.1, -0.05) is 109 Å². The molecule has 0 radical (unpaired) electrons. The number of rotatable bonds is 16. The first-order chi connectivity index (χ1) is 12.7. The molecule has 0 spiro atoms. The Morgan fingerprint density at radius 3 is 1.69 bits per heavy atom. The van der Waals surface area contributed by atoms with Crippen molar-refractivity contribution in [2.24, 2.45) is 5.92 Å². The number of benzene rings is 1. The predicted molar refractivity (Wildman–Crippen MR) is 115 cm³/mol. The monoisotopic (exact) mass is 359 g/mol. The zero-order valence-corrected chi connectivity index (χ0v) is 17.3. The van der Waals surface area contributed by atoms with Crippen molar-refractivity contribution in [1.82, 2.24) is 0 Å². The molecule has 0 saturated carbocycles. The molecule has 0 aliphatic carbocycles. The minimum atomic E-state index is 0.143. The van der Waals surface area contributed by atoms with Crippen LogP contribution >= 0.6 is 0 Å². The Labute approximate surface area is 162 Å². The van der Waals surface area contributed by atoms with Crippen LogP contribution in [0.5, 0.6) is 0 Å². The number of nitrogens with one attached hydrogen (secondary N) is 1. The number of amides is 1. The number of hydrogen-bond donors (Lipinski definition) is 1. The van der Waals surface area contributed by atoms with Crippen LogP contribution in [-0.2, 0) is 4.79 Å². The summed E-state index contributed by atoms with van der Waals surface area (Å²) in [6.07, 6.45) is 18.1. The predicted octanol–water partition coefficient (Wildman–Crippen LogP) is 7.74. The van der Waals surface area contributed by atoms with E-state index in [4.69, 9.17) is 0 Å². The van der Waals surface area contributed by atoms with Crippen LogP contribution in [0.2, 0.25) is 0 Å². The van der Waals surface area contributed by atoms with Crippen LogP contribution in [0.25, 0.3) is 0 Å². The SMILES string of the molecule is CC(C)CCCCCCCCCCCCCCC(=O)Nc1ccccc1. The molecule has 1 amide bonds. The van der Waals surface area contributed by atoms with E-state index in [9.17, 15) is 4.79 Å². The molecule has 0 unspecified atom stereocenters. The summed E-state index contributed by atoms with van der Waals surface area (Å²) in [6, 6.07) is 9.72. The normalized spacial score (nSPS) is 11.0. The van der Waals surface area contributed by atoms with Gasteiger partial charge in [-0.2, -0.15) is 0 Å². The third-order valence-electron chi connectivity index (χ3n) is 4.99. The van der Waals surface area contributed by atoms with Gasteiger partial charge >= 0.3 is 0 Å². The molecule has 2 heteroatoms. The summed E-state index contributed by atoms with van der Waals surface area (Å²) < 4.78 is 0. The Morgan fingerprint density at radius 2 is 1.19 bits per heavy atom. The summed E-state index contributed by atoms with van der Waals surface area (Å²) >= 11 is 0. The van der Waals surface area contributed by atoms with E-state index in [1.165, 1.54) is 77.0 Å². The molecule has 0 fully saturated rings. The summed E-state index contributed by atoms with van der Waals surface area (Å²) in [5, 5.41) is 2.95. The highest BCUT2D eigenvalue weighted by Crippen LogP contribution is 2.14. The Morgan fingerprint density at radius 1 is 0.731 bits per heavy atom. The van der Waals surface area contributed by atoms with Gasteiger partial charge in [0.2, 0.25) is 5.91 Å². The van der Waals surface area contributed by atoms with E-state index in [0.29, 0.717) is 6.42 Å². The van der Waals surface area contributed by atoms with Gasteiger partial charge in [-0.25, -0.2) is 0 Å². The van der Waals surface area contributed by atoms with E-state index in [2.05, 4.69) is 19.2 Å². The molecule has 0 heterocycles. The number of hydrogen-bond acceptors (Lipinski definition) is 1. The number of carbonyl (C=O) groups is 1. The summed E-state index contributed by atoms with van der Waals surface area (Å²) in [6.45, 7) is 4.64. The lowest BCUT2D eigenvalue weighted by molar-refractivity contribution is -0.116. The third-order valence-corrected chi connectivity index (χ3v) is 4.99. The number of carbonyl (C=O) groups excluding carboxylic acids is 1. The van der Waals surface area contributed by atoms with E-state index in [-0.39, 0.29) is 5.91 Å². The molecular weight excluding hydrogens is 318 g/mol. The highest BCUT2D eigenvalue weighted by molar-refractivity contribution is 5.90. The van der Waals surface area contributed by atoms with Crippen LogP contribution < -0.4 is 5.32 Å². The lowest BCUT2D eigenvalue weighted by atomic mass is 10.0. The van der Waals surface area contributed by atoms with Crippen molar-refractivity contribution in [3.8, 4) is 0 Å². The van der Waals surface area contributed by atoms with E-state index in [1.54, 1.807) is 0 Å². The molecule has 2 nitrogen and oxygen atoms in total. The molecule has 1 N–H and O–H groups in total. The van der Waals surface area contributed by atoms with Crippen molar-refractivity contribution in [1.29, 1.82) is 0 Å². The van der Waals surface area contributed by atoms with Gasteiger partial charge in [0.1, 0.15) is 0 Å². The highest BCUT2D eigenvalue weighted by atomic mass is 16.1. The molecule has 1 aromatic rings. The van der Waals surface area contributed by atoms with Crippen molar-refractivity contribution in [2.75, 3.05) is 5.32 Å². The quantitative estimate of drug-likeness (QED) is 0.300. The smallest absolute Gasteiger partial charge is 0.224 e. The third kappa shape index (κ3) is 13.9. The molecule has 1 rings (SSSR count). The fraction of sp³-hybridized carbons (Fsp3) is 0.708.